The van der Waals surface area contributed by atoms with Crippen LogP contribution in [-0.4, -0.2) is 26.8 Å². The van der Waals surface area contributed by atoms with Crippen LogP contribution < -0.4 is 14.8 Å². The average molecular weight is 249 g/mol. The van der Waals surface area contributed by atoms with E-state index in [4.69, 9.17) is 9.47 Å². The summed E-state index contributed by atoms with van der Waals surface area (Å²) in [6, 6.07) is 6.28. The minimum absolute atomic E-state index is 0.671. The number of hydrogen-bond acceptors (Lipinski definition) is 3. The van der Waals surface area contributed by atoms with E-state index in [-0.39, 0.29) is 0 Å². The molecule has 1 aliphatic rings. The predicted molar refractivity (Wildman–Crippen MR) is 73.5 cm³/mol. The van der Waals surface area contributed by atoms with Gasteiger partial charge in [-0.25, -0.2) is 0 Å². The van der Waals surface area contributed by atoms with Crippen LogP contribution in [0.5, 0.6) is 11.5 Å². The fourth-order valence-corrected chi connectivity index (χ4v) is 2.55. The number of rotatable bonds is 5. The third-order valence-corrected chi connectivity index (χ3v) is 3.45. The standard InChI is InChI=1S/C15H23NO2/c1-3-18-15-10-12(6-7-14(15)17-2)9-13-5-4-8-16-11-13/h6-7,10,13,16H,3-5,8-9,11H2,1-2H3. The number of methoxy groups -OCH3 is 1. The lowest BCUT2D eigenvalue weighted by molar-refractivity contribution is 0.310. The third kappa shape index (κ3) is 3.39. The van der Waals surface area contributed by atoms with Crippen molar-refractivity contribution in [3.05, 3.63) is 23.8 Å². The van der Waals surface area contributed by atoms with E-state index in [2.05, 4.69) is 17.4 Å². The molecular formula is C15H23NO2. The Labute approximate surface area is 109 Å². The predicted octanol–water partition coefficient (Wildman–Crippen LogP) is 2.64. The molecule has 0 spiro atoms. The number of nitrogens with one attached hydrogen (secondary N) is 1. The molecule has 1 N–H and O–H groups in total. The fraction of sp³-hybridized carbons (Fsp3) is 0.600. The molecule has 0 amide bonds. The Morgan fingerprint density at radius 2 is 2.22 bits per heavy atom. The molecule has 1 heterocycles. The van der Waals surface area contributed by atoms with Crippen molar-refractivity contribution in [2.24, 2.45) is 5.92 Å². The molecule has 1 atom stereocenters. The van der Waals surface area contributed by atoms with Gasteiger partial charge in [-0.1, -0.05) is 6.07 Å². The van der Waals surface area contributed by atoms with E-state index in [1.165, 1.54) is 24.9 Å². The van der Waals surface area contributed by atoms with Crippen molar-refractivity contribution in [2.75, 3.05) is 26.8 Å². The van der Waals surface area contributed by atoms with Crippen molar-refractivity contribution in [1.29, 1.82) is 0 Å². The summed E-state index contributed by atoms with van der Waals surface area (Å²) in [6.45, 7) is 4.97. The SMILES string of the molecule is CCOc1cc(CC2CCCNC2)ccc1OC. The molecule has 1 unspecified atom stereocenters. The minimum Gasteiger partial charge on any atom is -0.493 e. The Hall–Kier alpha value is -1.22. The molecule has 1 aliphatic heterocycles. The van der Waals surface area contributed by atoms with Gasteiger partial charge in [0, 0.05) is 0 Å². The summed E-state index contributed by atoms with van der Waals surface area (Å²) in [5.74, 6) is 2.44. The highest BCUT2D eigenvalue weighted by molar-refractivity contribution is 5.43. The Morgan fingerprint density at radius 3 is 2.89 bits per heavy atom. The highest BCUT2D eigenvalue weighted by Gasteiger charge is 2.14. The van der Waals surface area contributed by atoms with Crippen LogP contribution in [0.1, 0.15) is 25.3 Å². The van der Waals surface area contributed by atoms with E-state index in [1.807, 2.05) is 13.0 Å². The lowest BCUT2D eigenvalue weighted by Gasteiger charge is -2.23. The monoisotopic (exact) mass is 249 g/mol. The zero-order chi connectivity index (χ0) is 12.8. The molecule has 100 valence electrons. The summed E-state index contributed by atoms with van der Waals surface area (Å²) < 4.78 is 10.9. The van der Waals surface area contributed by atoms with E-state index in [0.29, 0.717) is 6.61 Å². The summed E-state index contributed by atoms with van der Waals surface area (Å²) in [4.78, 5) is 0. The molecule has 0 aromatic heterocycles. The highest BCUT2D eigenvalue weighted by atomic mass is 16.5. The lowest BCUT2D eigenvalue weighted by atomic mass is 9.92. The number of hydrogen-bond donors (Lipinski definition) is 1. The molecule has 3 heteroatoms. The van der Waals surface area contributed by atoms with Crippen LogP contribution in [0.3, 0.4) is 0 Å². The van der Waals surface area contributed by atoms with Crippen LogP contribution in [0.15, 0.2) is 18.2 Å². The number of piperidine rings is 1. The summed E-state index contributed by atoms with van der Waals surface area (Å²) in [5.41, 5.74) is 1.34. The molecule has 1 aromatic carbocycles. The maximum Gasteiger partial charge on any atom is 0.161 e. The van der Waals surface area contributed by atoms with Gasteiger partial charge >= 0.3 is 0 Å². The topological polar surface area (TPSA) is 30.5 Å². The fourth-order valence-electron chi connectivity index (χ4n) is 2.55. The van der Waals surface area contributed by atoms with Gasteiger partial charge in [-0.15, -0.1) is 0 Å². The largest absolute Gasteiger partial charge is 0.493 e. The van der Waals surface area contributed by atoms with Crippen molar-refractivity contribution in [2.45, 2.75) is 26.2 Å². The van der Waals surface area contributed by atoms with Crippen molar-refractivity contribution in [3.63, 3.8) is 0 Å². The van der Waals surface area contributed by atoms with Crippen LogP contribution in [0, 0.1) is 5.92 Å². The zero-order valence-corrected chi connectivity index (χ0v) is 11.4. The smallest absolute Gasteiger partial charge is 0.161 e. The van der Waals surface area contributed by atoms with Crippen molar-refractivity contribution < 1.29 is 9.47 Å². The van der Waals surface area contributed by atoms with Crippen LogP contribution in [0.4, 0.5) is 0 Å². The first kappa shape index (κ1) is 13.2. The number of ether oxygens (including phenoxy) is 2. The van der Waals surface area contributed by atoms with Gasteiger partial charge in [0.1, 0.15) is 0 Å². The van der Waals surface area contributed by atoms with Gasteiger partial charge in [-0.05, 0) is 62.9 Å². The summed E-state index contributed by atoms with van der Waals surface area (Å²) in [5, 5.41) is 3.46. The molecular weight excluding hydrogens is 226 g/mol. The average Bonchev–Trinajstić information content (AvgIpc) is 2.41. The van der Waals surface area contributed by atoms with Gasteiger partial charge < -0.3 is 14.8 Å². The van der Waals surface area contributed by atoms with E-state index >= 15 is 0 Å². The summed E-state index contributed by atoms with van der Waals surface area (Å²) in [6.07, 6.45) is 3.74. The van der Waals surface area contributed by atoms with Gasteiger partial charge in [0.05, 0.1) is 13.7 Å². The first-order valence-corrected chi connectivity index (χ1v) is 6.84. The van der Waals surface area contributed by atoms with Gasteiger partial charge in [0.15, 0.2) is 11.5 Å². The molecule has 0 aliphatic carbocycles. The molecule has 18 heavy (non-hydrogen) atoms. The quantitative estimate of drug-likeness (QED) is 0.870. The Balaban J connectivity index is 2.05. The molecule has 3 nitrogen and oxygen atoms in total. The van der Waals surface area contributed by atoms with Crippen LogP contribution >= 0.6 is 0 Å². The summed E-state index contributed by atoms with van der Waals surface area (Å²) in [7, 11) is 1.68. The van der Waals surface area contributed by atoms with Crippen molar-refractivity contribution >= 4 is 0 Å². The molecule has 0 bridgehead atoms. The molecule has 1 fully saturated rings. The third-order valence-electron chi connectivity index (χ3n) is 3.45. The first-order chi connectivity index (χ1) is 8.83. The Kier molecular flexibility index (Phi) is 4.88. The molecule has 1 aromatic rings. The second-order valence-electron chi connectivity index (χ2n) is 4.83. The normalized spacial score (nSPS) is 19.6. The second kappa shape index (κ2) is 6.64. The van der Waals surface area contributed by atoms with E-state index in [9.17, 15) is 0 Å². The first-order valence-electron chi connectivity index (χ1n) is 6.84. The van der Waals surface area contributed by atoms with Crippen LogP contribution in [-0.2, 0) is 6.42 Å². The summed E-state index contributed by atoms with van der Waals surface area (Å²) >= 11 is 0. The van der Waals surface area contributed by atoms with Gasteiger partial charge in [-0.3, -0.25) is 0 Å². The molecule has 1 saturated heterocycles. The Morgan fingerprint density at radius 1 is 1.33 bits per heavy atom. The molecule has 0 saturated carbocycles. The minimum atomic E-state index is 0.671. The van der Waals surface area contributed by atoms with Gasteiger partial charge in [-0.2, -0.15) is 0 Å². The lowest BCUT2D eigenvalue weighted by Crippen LogP contribution is -2.30. The van der Waals surface area contributed by atoms with Gasteiger partial charge in [0.25, 0.3) is 0 Å². The van der Waals surface area contributed by atoms with E-state index < -0.39 is 0 Å². The van der Waals surface area contributed by atoms with E-state index in [1.54, 1.807) is 7.11 Å². The van der Waals surface area contributed by atoms with Crippen molar-refractivity contribution in [3.8, 4) is 11.5 Å². The van der Waals surface area contributed by atoms with Crippen molar-refractivity contribution in [1.82, 2.24) is 5.32 Å². The molecule has 2 rings (SSSR count). The zero-order valence-electron chi connectivity index (χ0n) is 11.4. The number of benzene rings is 1. The maximum atomic E-state index is 5.62. The van der Waals surface area contributed by atoms with Gasteiger partial charge in [0.2, 0.25) is 0 Å². The van der Waals surface area contributed by atoms with Crippen LogP contribution in [0.2, 0.25) is 0 Å². The Bertz CT molecular complexity index is 373. The van der Waals surface area contributed by atoms with Crippen LogP contribution in [0.25, 0.3) is 0 Å². The second-order valence-corrected chi connectivity index (χ2v) is 4.83. The maximum absolute atomic E-state index is 5.62. The van der Waals surface area contributed by atoms with E-state index in [0.717, 1.165) is 30.4 Å². The highest BCUT2D eigenvalue weighted by Crippen LogP contribution is 2.29. The molecule has 0 radical (unpaired) electrons.